The number of rotatable bonds is 10. The molecule has 0 aromatic rings. The second-order valence-corrected chi connectivity index (χ2v) is 4.45. The summed E-state index contributed by atoms with van der Waals surface area (Å²) in [5, 5.41) is 38.5. The van der Waals surface area contributed by atoms with Crippen molar-refractivity contribution in [3.63, 3.8) is 0 Å². The van der Waals surface area contributed by atoms with Crippen LogP contribution in [0.3, 0.4) is 0 Å². The van der Waals surface area contributed by atoms with Gasteiger partial charge in [-0.2, -0.15) is 0 Å². The van der Waals surface area contributed by atoms with Crippen LogP contribution in [0.25, 0.3) is 0 Å². The van der Waals surface area contributed by atoms with E-state index in [1.807, 2.05) is 10.6 Å². The summed E-state index contributed by atoms with van der Waals surface area (Å²) in [6.45, 7) is -0.760. The highest BCUT2D eigenvalue weighted by Crippen LogP contribution is 1.99. The van der Waals surface area contributed by atoms with Gasteiger partial charge < -0.3 is 36.8 Å². The van der Waals surface area contributed by atoms with E-state index >= 15 is 0 Å². The Labute approximate surface area is 129 Å². The molecule has 23 heavy (non-hydrogen) atoms. The van der Waals surface area contributed by atoms with Crippen LogP contribution in [0.5, 0.6) is 0 Å². The Kier molecular flexibility index (Phi) is 8.21. The van der Waals surface area contributed by atoms with Crippen LogP contribution in [-0.4, -0.2) is 74.9 Å². The molecule has 12 nitrogen and oxygen atoms in total. The van der Waals surface area contributed by atoms with Gasteiger partial charge in [0.25, 0.3) is 0 Å². The average Bonchev–Trinajstić information content (AvgIpc) is 2.43. The number of aliphatic hydroxyl groups is 1. The van der Waals surface area contributed by atoms with E-state index in [2.05, 4.69) is 0 Å². The molecule has 3 atom stereocenters. The smallest absolute Gasteiger partial charge is 0.326 e. The Morgan fingerprint density at radius 3 is 1.65 bits per heavy atom. The topological polar surface area (TPSA) is 216 Å². The van der Waals surface area contributed by atoms with Crippen molar-refractivity contribution in [1.82, 2.24) is 10.6 Å². The van der Waals surface area contributed by atoms with Gasteiger partial charge >= 0.3 is 17.9 Å². The van der Waals surface area contributed by atoms with Gasteiger partial charge in [0.2, 0.25) is 11.8 Å². The van der Waals surface area contributed by atoms with E-state index in [1.54, 1.807) is 0 Å². The van der Waals surface area contributed by atoms with Crippen LogP contribution >= 0.6 is 0 Å². The third-order valence-corrected chi connectivity index (χ3v) is 2.54. The van der Waals surface area contributed by atoms with Crippen LogP contribution in [0.4, 0.5) is 0 Å². The molecule has 0 rings (SSSR count). The van der Waals surface area contributed by atoms with Crippen molar-refractivity contribution in [2.24, 2.45) is 5.73 Å². The van der Waals surface area contributed by atoms with Gasteiger partial charge in [-0.05, 0) is 0 Å². The third-order valence-electron chi connectivity index (χ3n) is 2.54. The van der Waals surface area contributed by atoms with Crippen LogP contribution in [0.1, 0.15) is 12.8 Å². The first-order chi connectivity index (χ1) is 10.6. The minimum absolute atomic E-state index is 0.760. The van der Waals surface area contributed by atoms with Gasteiger partial charge in [0.15, 0.2) is 0 Å². The molecule has 0 bridgehead atoms. The van der Waals surface area contributed by atoms with Gasteiger partial charge in [0.1, 0.15) is 18.1 Å². The number of carbonyl (C=O) groups is 5. The molecule has 0 saturated carbocycles. The minimum Gasteiger partial charge on any atom is -0.481 e. The lowest BCUT2D eigenvalue weighted by atomic mass is 10.1. The van der Waals surface area contributed by atoms with Crippen molar-refractivity contribution < 1.29 is 44.4 Å². The summed E-state index contributed by atoms with van der Waals surface area (Å²) < 4.78 is 0. The molecule has 0 aliphatic heterocycles. The predicted octanol–water partition coefficient (Wildman–Crippen LogP) is -3.69. The molecule has 0 fully saturated rings. The monoisotopic (exact) mass is 335 g/mol. The molecule has 0 aromatic heterocycles. The molecular formula is C11H17N3O9. The Hall–Kier alpha value is -2.73. The first-order valence-electron chi connectivity index (χ1n) is 6.22. The van der Waals surface area contributed by atoms with E-state index in [9.17, 15) is 24.0 Å². The number of aliphatic carboxylic acids is 3. The van der Waals surface area contributed by atoms with Gasteiger partial charge in [0.05, 0.1) is 19.4 Å². The summed E-state index contributed by atoms with van der Waals surface area (Å²) in [5.74, 6) is -6.86. The first kappa shape index (κ1) is 20.3. The fourth-order valence-corrected chi connectivity index (χ4v) is 1.39. The van der Waals surface area contributed by atoms with Crippen LogP contribution in [-0.2, 0) is 24.0 Å². The summed E-state index contributed by atoms with van der Waals surface area (Å²) in [6, 6.07) is -4.90. The largest absolute Gasteiger partial charge is 0.481 e. The molecule has 0 aromatic carbocycles. The highest BCUT2D eigenvalue weighted by Gasteiger charge is 2.30. The minimum atomic E-state index is -1.81. The fourth-order valence-electron chi connectivity index (χ4n) is 1.39. The highest BCUT2D eigenvalue weighted by molar-refractivity contribution is 5.94. The molecule has 0 radical (unpaired) electrons. The Morgan fingerprint density at radius 2 is 1.26 bits per heavy atom. The lowest BCUT2D eigenvalue weighted by molar-refractivity contribution is -0.148. The molecule has 0 aliphatic rings. The number of hydrogen-bond donors (Lipinski definition) is 7. The van der Waals surface area contributed by atoms with Crippen LogP contribution in [0.15, 0.2) is 0 Å². The molecular weight excluding hydrogens is 318 g/mol. The van der Waals surface area contributed by atoms with Crippen molar-refractivity contribution in [3.05, 3.63) is 0 Å². The maximum atomic E-state index is 11.9. The Morgan fingerprint density at radius 1 is 0.826 bits per heavy atom. The van der Waals surface area contributed by atoms with E-state index in [-0.39, 0.29) is 0 Å². The van der Waals surface area contributed by atoms with Gasteiger partial charge in [-0.15, -0.1) is 0 Å². The summed E-state index contributed by atoms with van der Waals surface area (Å²) in [5.41, 5.74) is 5.20. The lowest BCUT2D eigenvalue weighted by Gasteiger charge is -2.20. The lowest BCUT2D eigenvalue weighted by Crippen LogP contribution is -2.55. The zero-order valence-corrected chi connectivity index (χ0v) is 11.8. The molecule has 130 valence electrons. The maximum absolute atomic E-state index is 11.9. The van der Waals surface area contributed by atoms with Gasteiger partial charge in [-0.25, -0.2) is 4.79 Å². The van der Waals surface area contributed by atoms with Gasteiger partial charge in [-0.3, -0.25) is 19.2 Å². The average molecular weight is 335 g/mol. The number of carboxylic acid groups (broad SMARTS) is 3. The number of nitrogens with two attached hydrogens (primary N) is 1. The van der Waals surface area contributed by atoms with E-state index in [0.29, 0.717) is 0 Å². The number of amides is 2. The van der Waals surface area contributed by atoms with E-state index in [0.717, 1.165) is 0 Å². The second-order valence-electron chi connectivity index (χ2n) is 4.45. The van der Waals surface area contributed by atoms with Crippen molar-refractivity contribution in [1.29, 1.82) is 0 Å². The van der Waals surface area contributed by atoms with Gasteiger partial charge in [0, 0.05) is 0 Å². The van der Waals surface area contributed by atoms with E-state index in [4.69, 9.17) is 26.2 Å². The van der Waals surface area contributed by atoms with Gasteiger partial charge in [-0.1, -0.05) is 0 Å². The SMILES string of the molecule is N[C@@H](CO)C(=O)N[C@@H](CC(=O)O)C(=O)N[C@@H](CC(=O)O)C(=O)O. The normalized spacial score (nSPS) is 14.2. The zero-order chi connectivity index (χ0) is 18.2. The Bertz CT molecular complexity index is 493. The quantitative estimate of drug-likeness (QED) is 0.207. The molecule has 8 N–H and O–H groups in total. The highest BCUT2D eigenvalue weighted by atomic mass is 16.4. The summed E-state index contributed by atoms with van der Waals surface area (Å²) in [6.07, 6.45) is -1.83. The Balaban J connectivity index is 5.04. The molecule has 0 spiro atoms. The predicted molar refractivity (Wildman–Crippen MR) is 71.1 cm³/mol. The van der Waals surface area contributed by atoms with E-state index in [1.165, 1.54) is 0 Å². The second kappa shape index (κ2) is 9.32. The number of nitrogens with one attached hydrogen (secondary N) is 2. The maximum Gasteiger partial charge on any atom is 0.326 e. The first-order valence-corrected chi connectivity index (χ1v) is 6.22. The van der Waals surface area contributed by atoms with Crippen molar-refractivity contribution in [3.8, 4) is 0 Å². The van der Waals surface area contributed by atoms with Crippen LogP contribution in [0.2, 0.25) is 0 Å². The number of carboxylic acids is 3. The third kappa shape index (κ3) is 7.73. The fraction of sp³-hybridized carbons (Fsp3) is 0.545. The molecule has 0 unspecified atom stereocenters. The van der Waals surface area contributed by atoms with Crippen LogP contribution < -0.4 is 16.4 Å². The van der Waals surface area contributed by atoms with Crippen molar-refractivity contribution >= 4 is 29.7 Å². The van der Waals surface area contributed by atoms with E-state index < -0.39 is 67.3 Å². The van der Waals surface area contributed by atoms with Crippen molar-refractivity contribution in [2.45, 2.75) is 31.0 Å². The molecule has 2 amide bonds. The number of hydrogen-bond acceptors (Lipinski definition) is 7. The molecule has 0 heterocycles. The number of carbonyl (C=O) groups excluding carboxylic acids is 2. The summed E-state index contributed by atoms with van der Waals surface area (Å²) in [4.78, 5) is 55.5. The standard InChI is InChI=1S/C11H17N3O9/c12-4(3-15)9(20)13-5(1-7(16)17)10(21)14-6(11(22)23)2-8(18)19/h4-6,15H,1-3,12H2,(H,13,20)(H,14,21)(H,16,17)(H,18,19)(H,22,23)/t4-,5-,6-/m0/s1. The number of aliphatic hydroxyl groups excluding tert-OH is 1. The molecule has 0 aliphatic carbocycles. The van der Waals surface area contributed by atoms with Crippen molar-refractivity contribution in [2.75, 3.05) is 6.61 Å². The summed E-state index contributed by atoms with van der Waals surface area (Å²) >= 11 is 0. The summed E-state index contributed by atoms with van der Waals surface area (Å²) in [7, 11) is 0. The molecule has 12 heteroatoms. The van der Waals surface area contributed by atoms with Crippen LogP contribution in [0, 0.1) is 0 Å². The zero-order valence-electron chi connectivity index (χ0n) is 11.8. The molecule has 0 saturated heterocycles.